The standard InChI is InChI=1S/C12H16F2N2O4/c1-8(2)20-10-5-3-4-9(11(10)16(18)19)15-6-12(13,14)7-17/h3-5,8,15,17H,6-7H2,1-2H3. The summed E-state index contributed by atoms with van der Waals surface area (Å²) in [4.78, 5) is 10.4. The molecule has 8 heteroatoms. The number of anilines is 1. The van der Waals surface area contributed by atoms with E-state index >= 15 is 0 Å². The van der Waals surface area contributed by atoms with Gasteiger partial charge in [0.1, 0.15) is 12.3 Å². The van der Waals surface area contributed by atoms with Crippen LogP contribution in [-0.4, -0.2) is 35.2 Å². The number of rotatable bonds is 7. The first kappa shape index (κ1) is 16.1. The number of halogens is 2. The van der Waals surface area contributed by atoms with Crippen molar-refractivity contribution < 1.29 is 23.5 Å². The smallest absolute Gasteiger partial charge is 0.333 e. The van der Waals surface area contributed by atoms with Crippen LogP contribution in [0.15, 0.2) is 18.2 Å². The Morgan fingerprint density at radius 3 is 2.65 bits per heavy atom. The predicted octanol–water partition coefficient (Wildman–Crippen LogP) is 2.42. The van der Waals surface area contributed by atoms with Gasteiger partial charge >= 0.3 is 5.69 Å². The van der Waals surface area contributed by atoms with Gasteiger partial charge in [0.15, 0.2) is 5.75 Å². The van der Waals surface area contributed by atoms with Crippen LogP contribution in [0.5, 0.6) is 5.75 Å². The first-order valence-corrected chi connectivity index (χ1v) is 5.93. The molecule has 0 spiro atoms. The summed E-state index contributed by atoms with van der Waals surface area (Å²) in [6.45, 7) is 1.15. The summed E-state index contributed by atoms with van der Waals surface area (Å²) in [5.41, 5.74) is -0.490. The van der Waals surface area contributed by atoms with Crippen LogP contribution in [0.1, 0.15) is 13.8 Å². The summed E-state index contributed by atoms with van der Waals surface area (Å²) in [5, 5.41) is 21.8. The molecule has 0 aliphatic rings. The van der Waals surface area contributed by atoms with Gasteiger partial charge < -0.3 is 15.2 Å². The van der Waals surface area contributed by atoms with E-state index in [4.69, 9.17) is 9.84 Å². The number of aliphatic hydroxyl groups excluding tert-OH is 1. The molecule has 0 saturated heterocycles. The van der Waals surface area contributed by atoms with Crippen LogP contribution in [-0.2, 0) is 0 Å². The molecule has 1 aromatic carbocycles. The molecule has 0 radical (unpaired) electrons. The van der Waals surface area contributed by atoms with E-state index in [1.54, 1.807) is 13.8 Å². The summed E-state index contributed by atoms with van der Waals surface area (Å²) in [6.07, 6.45) is -0.289. The fourth-order valence-corrected chi connectivity index (χ4v) is 1.48. The van der Waals surface area contributed by atoms with Crippen molar-refractivity contribution in [3.8, 4) is 5.75 Å². The molecule has 0 saturated carbocycles. The molecule has 6 nitrogen and oxygen atoms in total. The number of hydrogen-bond donors (Lipinski definition) is 2. The van der Waals surface area contributed by atoms with Gasteiger partial charge in [-0.1, -0.05) is 6.07 Å². The number of nitrogens with one attached hydrogen (secondary N) is 1. The summed E-state index contributed by atoms with van der Waals surface area (Å²) in [6, 6.07) is 4.16. The molecule has 2 N–H and O–H groups in total. The number of nitro groups is 1. The normalized spacial score (nSPS) is 11.5. The van der Waals surface area contributed by atoms with Crippen molar-refractivity contribution in [2.24, 2.45) is 0 Å². The van der Waals surface area contributed by atoms with E-state index in [1.807, 2.05) is 0 Å². The molecular weight excluding hydrogens is 274 g/mol. The Morgan fingerprint density at radius 2 is 2.15 bits per heavy atom. The fourth-order valence-electron chi connectivity index (χ4n) is 1.48. The molecule has 0 aliphatic carbocycles. The highest BCUT2D eigenvalue weighted by Gasteiger charge is 2.29. The molecule has 0 bridgehead atoms. The van der Waals surface area contributed by atoms with Crippen LogP contribution in [0.25, 0.3) is 0 Å². The van der Waals surface area contributed by atoms with E-state index in [1.165, 1.54) is 18.2 Å². The second kappa shape index (κ2) is 6.47. The molecular formula is C12H16F2N2O4. The SMILES string of the molecule is CC(C)Oc1cccc(NCC(F)(F)CO)c1[N+](=O)[O-]. The van der Waals surface area contributed by atoms with Gasteiger partial charge in [-0.05, 0) is 26.0 Å². The highest BCUT2D eigenvalue weighted by molar-refractivity contribution is 5.68. The maximum atomic E-state index is 13.0. The number of hydrogen-bond acceptors (Lipinski definition) is 5. The lowest BCUT2D eigenvalue weighted by molar-refractivity contribution is -0.385. The first-order chi connectivity index (χ1) is 9.26. The lowest BCUT2D eigenvalue weighted by atomic mass is 10.2. The monoisotopic (exact) mass is 290 g/mol. The van der Waals surface area contributed by atoms with Gasteiger partial charge in [-0.25, -0.2) is 8.78 Å². The maximum absolute atomic E-state index is 13.0. The molecule has 1 rings (SSSR count). The zero-order chi connectivity index (χ0) is 15.3. The van der Waals surface area contributed by atoms with Gasteiger partial charge in [0, 0.05) is 0 Å². The Hall–Kier alpha value is -1.96. The van der Waals surface area contributed by atoms with Gasteiger partial charge in [-0.3, -0.25) is 10.1 Å². The van der Waals surface area contributed by atoms with Gasteiger partial charge in [-0.2, -0.15) is 0 Å². The minimum atomic E-state index is -3.36. The van der Waals surface area contributed by atoms with Crippen molar-refractivity contribution >= 4 is 11.4 Å². The Kier molecular flexibility index (Phi) is 5.20. The van der Waals surface area contributed by atoms with E-state index in [0.717, 1.165) is 0 Å². The quantitative estimate of drug-likeness (QED) is 0.595. The Labute approximate surface area is 114 Å². The predicted molar refractivity (Wildman–Crippen MR) is 69.4 cm³/mol. The van der Waals surface area contributed by atoms with E-state index in [2.05, 4.69) is 5.32 Å². The van der Waals surface area contributed by atoms with Gasteiger partial charge in [0.2, 0.25) is 0 Å². The Balaban J connectivity index is 3.04. The van der Waals surface area contributed by atoms with E-state index in [9.17, 15) is 18.9 Å². The average Bonchev–Trinajstić information content (AvgIpc) is 2.35. The largest absolute Gasteiger partial charge is 0.484 e. The first-order valence-electron chi connectivity index (χ1n) is 5.93. The molecule has 20 heavy (non-hydrogen) atoms. The van der Waals surface area contributed by atoms with Crippen LogP contribution in [0.2, 0.25) is 0 Å². The molecule has 0 aromatic heterocycles. The maximum Gasteiger partial charge on any atom is 0.333 e. The van der Waals surface area contributed by atoms with Crippen LogP contribution in [0.3, 0.4) is 0 Å². The molecule has 0 fully saturated rings. The minimum Gasteiger partial charge on any atom is -0.484 e. The summed E-state index contributed by atoms with van der Waals surface area (Å²) in [5.74, 6) is -3.36. The number of benzene rings is 1. The Morgan fingerprint density at radius 1 is 1.50 bits per heavy atom. The topological polar surface area (TPSA) is 84.6 Å². The van der Waals surface area contributed by atoms with Crippen molar-refractivity contribution in [2.75, 3.05) is 18.5 Å². The zero-order valence-corrected chi connectivity index (χ0v) is 11.1. The number of alkyl halides is 2. The van der Waals surface area contributed by atoms with E-state index < -0.39 is 29.7 Å². The third-order valence-corrected chi connectivity index (χ3v) is 2.31. The summed E-state index contributed by atoms with van der Waals surface area (Å²) < 4.78 is 31.2. The number of ether oxygens (including phenoxy) is 1. The van der Waals surface area contributed by atoms with Crippen molar-refractivity contribution in [1.82, 2.24) is 0 Å². The van der Waals surface area contributed by atoms with E-state index in [-0.39, 0.29) is 17.5 Å². The Bertz CT molecular complexity index is 481. The molecule has 0 heterocycles. The third-order valence-electron chi connectivity index (χ3n) is 2.31. The average molecular weight is 290 g/mol. The van der Waals surface area contributed by atoms with Gasteiger partial charge in [0.05, 0.1) is 17.6 Å². The minimum absolute atomic E-state index is 0.00214. The lowest BCUT2D eigenvalue weighted by Gasteiger charge is -2.16. The third kappa shape index (κ3) is 4.30. The molecule has 0 unspecified atom stereocenters. The number of para-hydroxylation sites is 1. The van der Waals surface area contributed by atoms with Crippen molar-refractivity contribution in [3.63, 3.8) is 0 Å². The van der Waals surface area contributed by atoms with Crippen molar-refractivity contribution in [2.45, 2.75) is 25.9 Å². The number of aliphatic hydroxyl groups is 1. The van der Waals surface area contributed by atoms with Gasteiger partial charge in [-0.15, -0.1) is 0 Å². The highest BCUT2D eigenvalue weighted by atomic mass is 19.3. The van der Waals surface area contributed by atoms with Crippen LogP contribution in [0.4, 0.5) is 20.2 Å². The lowest BCUT2D eigenvalue weighted by Crippen LogP contribution is -2.31. The fraction of sp³-hybridized carbons (Fsp3) is 0.500. The van der Waals surface area contributed by atoms with Crippen LogP contribution in [0, 0.1) is 10.1 Å². The zero-order valence-electron chi connectivity index (χ0n) is 11.1. The molecule has 0 amide bonds. The van der Waals surface area contributed by atoms with Crippen LogP contribution >= 0.6 is 0 Å². The van der Waals surface area contributed by atoms with Crippen LogP contribution < -0.4 is 10.1 Å². The summed E-state index contributed by atoms with van der Waals surface area (Å²) in [7, 11) is 0. The molecule has 112 valence electrons. The molecule has 0 aliphatic heterocycles. The number of nitro benzene ring substituents is 1. The van der Waals surface area contributed by atoms with Crippen molar-refractivity contribution in [1.29, 1.82) is 0 Å². The molecule has 1 aromatic rings. The highest BCUT2D eigenvalue weighted by Crippen LogP contribution is 2.35. The number of nitrogens with zero attached hydrogens (tertiary/aromatic N) is 1. The molecule has 0 atom stereocenters. The van der Waals surface area contributed by atoms with E-state index in [0.29, 0.717) is 0 Å². The second-order valence-electron chi connectivity index (χ2n) is 4.44. The summed E-state index contributed by atoms with van der Waals surface area (Å²) >= 11 is 0. The van der Waals surface area contributed by atoms with Gasteiger partial charge in [0.25, 0.3) is 5.92 Å². The van der Waals surface area contributed by atoms with Crippen molar-refractivity contribution in [3.05, 3.63) is 28.3 Å². The second-order valence-corrected chi connectivity index (χ2v) is 4.44.